The zero-order valence-corrected chi connectivity index (χ0v) is 18.1. The van der Waals surface area contributed by atoms with Crippen LogP contribution in [0.1, 0.15) is 34.6 Å². The van der Waals surface area contributed by atoms with Crippen molar-refractivity contribution in [3.05, 3.63) is 89.9 Å². The molecule has 5 rings (SSSR count). The summed E-state index contributed by atoms with van der Waals surface area (Å²) in [6.07, 6.45) is 3.38. The molecule has 0 spiro atoms. The summed E-state index contributed by atoms with van der Waals surface area (Å²) < 4.78 is 6.09. The number of carbonyl (C=O) groups is 1. The second kappa shape index (κ2) is 8.58. The summed E-state index contributed by atoms with van der Waals surface area (Å²) in [6, 6.07) is 18.0. The summed E-state index contributed by atoms with van der Waals surface area (Å²) >= 11 is 0. The predicted molar refractivity (Wildman–Crippen MR) is 124 cm³/mol. The molecule has 0 aliphatic carbocycles. The highest BCUT2D eigenvalue weighted by atomic mass is 16.5. The SMILES string of the molecule is Cc1cccc(NC(=O)c2cccc(Oc3nc(-c4cccnc4)nc4c3N=NC4C)c2)c1. The third-order valence-electron chi connectivity index (χ3n) is 5.11. The molecule has 1 aliphatic rings. The van der Waals surface area contributed by atoms with Gasteiger partial charge in [-0.15, -0.1) is 5.11 Å². The predicted octanol–water partition coefficient (Wildman–Crippen LogP) is 6.05. The van der Waals surface area contributed by atoms with E-state index < -0.39 is 0 Å². The van der Waals surface area contributed by atoms with Gasteiger partial charge >= 0.3 is 0 Å². The van der Waals surface area contributed by atoms with E-state index in [4.69, 9.17) is 4.74 Å². The fraction of sp³-hybridized carbons (Fsp3) is 0.120. The molecule has 0 saturated heterocycles. The minimum absolute atomic E-state index is 0.202. The maximum atomic E-state index is 12.8. The van der Waals surface area contributed by atoms with E-state index in [2.05, 4.69) is 30.5 Å². The first kappa shape index (κ1) is 20.4. The van der Waals surface area contributed by atoms with Gasteiger partial charge in [-0.25, -0.2) is 4.98 Å². The van der Waals surface area contributed by atoms with Crippen molar-refractivity contribution < 1.29 is 9.53 Å². The third-order valence-corrected chi connectivity index (χ3v) is 5.11. The number of nitrogens with zero attached hydrogens (tertiary/aromatic N) is 5. The first-order valence-corrected chi connectivity index (χ1v) is 10.5. The van der Waals surface area contributed by atoms with E-state index in [-0.39, 0.29) is 17.8 Å². The molecule has 4 aromatic rings. The Kier molecular flexibility index (Phi) is 5.32. The van der Waals surface area contributed by atoms with Crippen LogP contribution < -0.4 is 10.1 Å². The number of benzene rings is 2. The third kappa shape index (κ3) is 4.31. The lowest BCUT2D eigenvalue weighted by molar-refractivity contribution is 0.102. The van der Waals surface area contributed by atoms with E-state index in [1.807, 2.05) is 50.2 Å². The van der Waals surface area contributed by atoms with Gasteiger partial charge < -0.3 is 10.1 Å². The van der Waals surface area contributed by atoms with E-state index in [9.17, 15) is 4.79 Å². The maximum Gasteiger partial charge on any atom is 0.255 e. The van der Waals surface area contributed by atoms with Gasteiger partial charge in [0.1, 0.15) is 17.5 Å². The van der Waals surface area contributed by atoms with E-state index in [0.29, 0.717) is 28.5 Å². The van der Waals surface area contributed by atoms with Crippen molar-refractivity contribution in [2.75, 3.05) is 5.32 Å². The lowest BCUT2D eigenvalue weighted by atomic mass is 10.1. The van der Waals surface area contributed by atoms with Crippen LogP contribution in [0.5, 0.6) is 11.6 Å². The van der Waals surface area contributed by atoms with Crippen LogP contribution in [-0.2, 0) is 0 Å². The Labute approximate surface area is 190 Å². The second-order valence-electron chi connectivity index (χ2n) is 7.67. The molecule has 2 aromatic heterocycles. The lowest BCUT2D eigenvalue weighted by Gasteiger charge is -2.11. The summed E-state index contributed by atoms with van der Waals surface area (Å²) in [5.74, 6) is 0.982. The molecule has 1 N–H and O–H groups in total. The molecule has 3 heterocycles. The Bertz CT molecular complexity index is 1370. The van der Waals surface area contributed by atoms with Crippen LogP contribution in [0, 0.1) is 6.92 Å². The number of pyridine rings is 1. The number of azo groups is 1. The Hall–Kier alpha value is -4.46. The van der Waals surface area contributed by atoms with Crippen molar-refractivity contribution in [3.8, 4) is 23.0 Å². The molecule has 8 nitrogen and oxygen atoms in total. The van der Waals surface area contributed by atoms with Gasteiger partial charge in [0.15, 0.2) is 11.5 Å². The molecule has 162 valence electrons. The van der Waals surface area contributed by atoms with Gasteiger partial charge in [0.2, 0.25) is 0 Å². The standard InChI is InChI=1S/C25H20N6O2/c1-15-6-3-9-19(12-15)27-24(32)17-7-4-10-20(13-17)33-25-22-21(16(2)30-31-22)28-23(29-25)18-8-5-11-26-14-18/h3-14,16H,1-2H3,(H,27,32). The Morgan fingerprint density at radius 3 is 2.73 bits per heavy atom. The summed E-state index contributed by atoms with van der Waals surface area (Å²) in [7, 11) is 0. The van der Waals surface area contributed by atoms with Gasteiger partial charge in [0.05, 0.1) is 0 Å². The molecule has 0 fully saturated rings. The highest BCUT2D eigenvalue weighted by molar-refractivity contribution is 6.04. The Morgan fingerprint density at radius 1 is 1.03 bits per heavy atom. The number of anilines is 1. The summed E-state index contributed by atoms with van der Waals surface area (Å²) in [5.41, 5.74) is 4.19. The molecular weight excluding hydrogens is 416 g/mol. The van der Waals surface area contributed by atoms with Gasteiger partial charge in [0, 0.05) is 29.2 Å². The average Bonchev–Trinajstić information content (AvgIpc) is 3.21. The summed E-state index contributed by atoms with van der Waals surface area (Å²) in [4.78, 5) is 26.1. The van der Waals surface area contributed by atoms with Crippen LogP contribution in [0.2, 0.25) is 0 Å². The molecule has 8 heteroatoms. The molecule has 33 heavy (non-hydrogen) atoms. The molecule has 1 unspecified atom stereocenters. The maximum absolute atomic E-state index is 12.8. The zero-order chi connectivity index (χ0) is 22.8. The summed E-state index contributed by atoms with van der Waals surface area (Å²) in [6.45, 7) is 3.89. The Morgan fingerprint density at radius 2 is 1.91 bits per heavy atom. The monoisotopic (exact) mass is 436 g/mol. The fourth-order valence-electron chi connectivity index (χ4n) is 3.47. The number of hydrogen-bond donors (Lipinski definition) is 1. The summed E-state index contributed by atoms with van der Waals surface area (Å²) in [5, 5.41) is 11.3. The van der Waals surface area contributed by atoms with Crippen molar-refractivity contribution in [3.63, 3.8) is 0 Å². The second-order valence-corrected chi connectivity index (χ2v) is 7.67. The van der Waals surface area contributed by atoms with Crippen LogP contribution in [0.15, 0.2) is 83.3 Å². The van der Waals surface area contributed by atoms with Gasteiger partial charge in [-0.2, -0.15) is 10.1 Å². The number of nitrogens with one attached hydrogen (secondary N) is 1. The van der Waals surface area contributed by atoms with Crippen LogP contribution in [0.25, 0.3) is 11.4 Å². The largest absolute Gasteiger partial charge is 0.437 e. The molecule has 0 bridgehead atoms. The van der Waals surface area contributed by atoms with Crippen LogP contribution in [-0.4, -0.2) is 20.9 Å². The highest BCUT2D eigenvalue weighted by Crippen LogP contribution is 2.42. The quantitative estimate of drug-likeness (QED) is 0.410. The molecule has 0 radical (unpaired) electrons. The van der Waals surface area contributed by atoms with Crippen molar-refractivity contribution in [2.24, 2.45) is 10.2 Å². The van der Waals surface area contributed by atoms with Gasteiger partial charge in [-0.05, 0) is 61.9 Å². The smallest absolute Gasteiger partial charge is 0.255 e. The molecule has 0 saturated carbocycles. The minimum Gasteiger partial charge on any atom is -0.437 e. The highest BCUT2D eigenvalue weighted by Gasteiger charge is 2.26. The van der Waals surface area contributed by atoms with E-state index >= 15 is 0 Å². The van der Waals surface area contributed by atoms with E-state index in [1.165, 1.54) is 0 Å². The van der Waals surface area contributed by atoms with E-state index in [1.54, 1.807) is 36.7 Å². The number of rotatable bonds is 5. The van der Waals surface area contributed by atoms with Crippen molar-refractivity contribution in [1.82, 2.24) is 15.0 Å². The number of hydrogen-bond acceptors (Lipinski definition) is 7. The average molecular weight is 436 g/mol. The normalized spacial score (nSPS) is 14.1. The molecule has 1 atom stereocenters. The topological polar surface area (TPSA) is 102 Å². The number of aromatic nitrogens is 3. The van der Waals surface area contributed by atoms with Gasteiger partial charge in [-0.1, -0.05) is 18.2 Å². The zero-order valence-electron chi connectivity index (χ0n) is 18.1. The number of ether oxygens (including phenoxy) is 1. The molecular formula is C25H20N6O2. The molecule has 1 aliphatic heterocycles. The first-order valence-electron chi connectivity index (χ1n) is 10.5. The van der Waals surface area contributed by atoms with Crippen LogP contribution >= 0.6 is 0 Å². The molecule has 1 amide bonds. The van der Waals surface area contributed by atoms with Crippen LogP contribution in [0.4, 0.5) is 11.4 Å². The number of aryl methyl sites for hydroxylation is 1. The van der Waals surface area contributed by atoms with Crippen LogP contribution in [0.3, 0.4) is 0 Å². The fourth-order valence-corrected chi connectivity index (χ4v) is 3.47. The van der Waals surface area contributed by atoms with Gasteiger partial charge in [-0.3, -0.25) is 9.78 Å². The van der Waals surface area contributed by atoms with E-state index in [0.717, 1.165) is 16.8 Å². The molecule has 2 aromatic carbocycles. The number of fused-ring (bicyclic) bond motifs is 1. The Balaban J connectivity index is 1.45. The van der Waals surface area contributed by atoms with Crippen molar-refractivity contribution >= 4 is 17.3 Å². The van der Waals surface area contributed by atoms with Crippen molar-refractivity contribution in [1.29, 1.82) is 0 Å². The number of amides is 1. The first-order chi connectivity index (χ1) is 16.1. The minimum atomic E-state index is -0.233. The van der Waals surface area contributed by atoms with Gasteiger partial charge in [0.25, 0.3) is 11.8 Å². The lowest BCUT2D eigenvalue weighted by Crippen LogP contribution is -2.11. The number of carbonyl (C=O) groups excluding carboxylic acids is 1. The van der Waals surface area contributed by atoms with Crippen molar-refractivity contribution in [2.45, 2.75) is 19.9 Å².